The fourth-order valence-corrected chi connectivity index (χ4v) is 2.56. The first kappa shape index (κ1) is 18.9. The predicted octanol–water partition coefficient (Wildman–Crippen LogP) is 4.79. The second-order valence-corrected chi connectivity index (χ2v) is 5.91. The van der Waals surface area contributed by atoms with Gasteiger partial charge in [0.05, 0.1) is 6.10 Å². The SMILES string of the molecule is CCCCCCCCCCCCCCC(O)CCN. The van der Waals surface area contributed by atoms with Crippen molar-refractivity contribution in [1.82, 2.24) is 0 Å². The van der Waals surface area contributed by atoms with Crippen LogP contribution >= 0.6 is 0 Å². The van der Waals surface area contributed by atoms with E-state index in [0.717, 1.165) is 19.3 Å². The Morgan fingerprint density at radius 3 is 1.53 bits per heavy atom. The molecule has 0 aromatic rings. The summed E-state index contributed by atoms with van der Waals surface area (Å²) in [6, 6.07) is 0. The highest BCUT2D eigenvalue weighted by molar-refractivity contribution is 4.56. The van der Waals surface area contributed by atoms with Crippen molar-refractivity contribution in [2.75, 3.05) is 6.54 Å². The highest BCUT2D eigenvalue weighted by Gasteiger charge is 2.01. The molecular formula is C17H37NO. The third kappa shape index (κ3) is 15.9. The molecule has 1 atom stereocenters. The van der Waals surface area contributed by atoms with Crippen LogP contribution < -0.4 is 5.73 Å². The van der Waals surface area contributed by atoms with E-state index in [4.69, 9.17) is 5.73 Å². The molecule has 0 aromatic carbocycles. The lowest BCUT2D eigenvalue weighted by atomic mass is 10.0. The smallest absolute Gasteiger partial charge is 0.0552 e. The summed E-state index contributed by atoms with van der Waals surface area (Å²) in [5.41, 5.74) is 5.41. The minimum absolute atomic E-state index is 0.159. The predicted molar refractivity (Wildman–Crippen MR) is 85.4 cm³/mol. The van der Waals surface area contributed by atoms with E-state index in [9.17, 15) is 5.11 Å². The molecule has 3 N–H and O–H groups in total. The van der Waals surface area contributed by atoms with Crippen molar-refractivity contribution in [3.63, 3.8) is 0 Å². The molecule has 0 spiro atoms. The standard InChI is InChI=1S/C17H37NO/c1-2-3-4-5-6-7-8-9-10-11-12-13-14-17(19)15-16-18/h17,19H,2-16,18H2,1H3. The number of aliphatic hydroxyl groups excluding tert-OH is 1. The third-order valence-electron chi connectivity index (χ3n) is 3.89. The zero-order chi connectivity index (χ0) is 14.2. The van der Waals surface area contributed by atoms with Crippen molar-refractivity contribution in [1.29, 1.82) is 0 Å². The van der Waals surface area contributed by atoms with Gasteiger partial charge in [-0.25, -0.2) is 0 Å². The van der Waals surface area contributed by atoms with Gasteiger partial charge in [0.1, 0.15) is 0 Å². The van der Waals surface area contributed by atoms with Gasteiger partial charge in [-0.05, 0) is 19.4 Å². The van der Waals surface area contributed by atoms with Crippen molar-refractivity contribution >= 4 is 0 Å². The van der Waals surface area contributed by atoms with Crippen LogP contribution in [0.2, 0.25) is 0 Å². The van der Waals surface area contributed by atoms with Crippen LogP contribution in [-0.2, 0) is 0 Å². The second-order valence-electron chi connectivity index (χ2n) is 5.91. The van der Waals surface area contributed by atoms with Gasteiger partial charge in [0.25, 0.3) is 0 Å². The van der Waals surface area contributed by atoms with Gasteiger partial charge in [0, 0.05) is 0 Å². The van der Waals surface area contributed by atoms with Gasteiger partial charge in [-0.15, -0.1) is 0 Å². The van der Waals surface area contributed by atoms with E-state index in [1.165, 1.54) is 70.6 Å². The third-order valence-corrected chi connectivity index (χ3v) is 3.89. The molecule has 0 saturated heterocycles. The summed E-state index contributed by atoms with van der Waals surface area (Å²) >= 11 is 0. The van der Waals surface area contributed by atoms with Crippen molar-refractivity contribution < 1.29 is 5.11 Å². The van der Waals surface area contributed by atoms with Crippen LogP contribution in [0, 0.1) is 0 Å². The van der Waals surface area contributed by atoms with Gasteiger partial charge in [-0.2, -0.15) is 0 Å². The Morgan fingerprint density at radius 1 is 0.684 bits per heavy atom. The topological polar surface area (TPSA) is 46.2 Å². The van der Waals surface area contributed by atoms with Gasteiger partial charge in [-0.1, -0.05) is 84.0 Å². The monoisotopic (exact) mass is 271 g/mol. The summed E-state index contributed by atoms with van der Waals surface area (Å²) in [4.78, 5) is 0. The zero-order valence-electron chi connectivity index (χ0n) is 13.2. The van der Waals surface area contributed by atoms with E-state index in [1.54, 1.807) is 0 Å². The van der Waals surface area contributed by atoms with Crippen LogP contribution in [0.5, 0.6) is 0 Å². The number of aliphatic hydroxyl groups is 1. The average molecular weight is 271 g/mol. The van der Waals surface area contributed by atoms with E-state index in [0.29, 0.717) is 6.54 Å². The minimum atomic E-state index is -0.159. The maximum Gasteiger partial charge on any atom is 0.0552 e. The fourth-order valence-electron chi connectivity index (χ4n) is 2.56. The summed E-state index contributed by atoms with van der Waals surface area (Å²) in [5, 5.41) is 9.53. The number of nitrogens with two attached hydrogens (primary N) is 1. The Kier molecular flexibility index (Phi) is 15.9. The number of unbranched alkanes of at least 4 members (excludes halogenated alkanes) is 11. The summed E-state index contributed by atoms with van der Waals surface area (Å²) in [6.45, 7) is 2.88. The number of hydrogen-bond donors (Lipinski definition) is 2. The fraction of sp³-hybridized carbons (Fsp3) is 1.00. The van der Waals surface area contributed by atoms with Gasteiger partial charge >= 0.3 is 0 Å². The Morgan fingerprint density at radius 2 is 1.11 bits per heavy atom. The quantitative estimate of drug-likeness (QED) is 0.421. The van der Waals surface area contributed by atoms with E-state index in [2.05, 4.69) is 6.92 Å². The molecule has 0 saturated carbocycles. The van der Waals surface area contributed by atoms with Gasteiger partial charge in [0.15, 0.2) is 0 Å². The molecule has 1 unspecified atom stereocenters. The molecule has 19 heavy (non-hydrogen) atoms. The molecular weight excluding hydrogens is 234 g/mol. The molecule has 0 aliphatic rings. The lowest BCUT2D eigenvalue weighted by Crippen LogP contribution is -2.12. The summed E-state index contributed by atoms with van der Waals surface area (Å²) < 4.78 is 0. The molecule has 0 aromatic heterocycles. The van der Waals surface area contributed by atoms with Crippen LogP contribution in [0.1, 0.15) is 96.8 Å². The summed E-state index contributed by atoms with van der Waals surface area (Å²) in [7, 11) is 0. The van der Waals surface area contributed by atoms with Gasteiger partial charge in [0.2, 0.25) is 0 Å². The molecule has 0 radical (unpaired) electrons. The molecule has 2 heteroatoms. The molecule has 0 aliphatic heterocycles. The van der Waals surface area contributed by atoms with Crippen molar-refractivity contribution in [2.24, 2.45) is 5.73 Å². The molecule has 0 bridgehead atoms. The van der Waals surface area contributed by atoms with E-state index in [1.807, 2.05) is 0 Å². The molecule has 0 amide bonds. The Labute approximate surface area is 121 Å². The first-order chi connectivity index (χ1) is 9.31. The lowest BCUT2D eigenvalue weighted by molar-refractivity contribution is 0.153. The van der Waals surface area contributed by atoms with Crippen LogP contribution in [0.15, 0.2) is 0 Å². The van der Waals surface area contributed by atoms with Gasteiger partial charge < -0.3 is 10.8 Å². The number of rotatable bonds is 15. The van der Waals surface area contributed by atoms with Crippen LogP contribution in [0.25, 0.3) is 0 Å². The van der Waals surface area contributed by atoms with Crippen LogP contribution in [0.3, 0.4) is 0 Å². The highest BCUT2D eigenvalue weighted by atomic mass is 16.3. The minimum Gasteiger partial charge on any atom is -0.393 e. The lowest BCUT2D eigenvalue weighted by Gasteiger charge is -2.08. The highest BCUT2D eigenvalue weighted by Crippen LogP contribution is 2.13. The Bertz CT molecular complexity index is 161. The maximum atomic E-state index is 9.53. The normalized spacial score (nSPS) is 12.8. The van der Waals surface area contributed by atoms with Crippen LogP contribution in [0.4, 0.5) is 0 Å². The number of hydrogen-bond acceptors (Lipinski definition) is 2. The Hall–Kier alpha value is -0.0800. The molecule has 116 valence electrons. The van der Waals surface area contributed by atoms with Crippen LogP contribution in [-0.4, -0.2) is 17.8 Å². The van der Waals surface area contributed by atoms with Crippen molar-refractivity contribution in [2.45, 2.75) is 103 Å². The van der Waals surface area contributed by atoms with E-state index >= 15 is 0 Å². The molecule has 0 rings (SSSR count). The molecule has 0 aliphatic carbocycles. The van der Waals surface area contributed by atoms with Gasteiger partial charge in [-0.3, -0.25) is 0 Å². The second kappa shape index (κ2) is 16.0. The van der Waals surface area contributed by atoms with Crippen molar-refractivity contribution in [3.05, 3.63) is 0 Å². The molecule has 2 nitrogen and oxygen atoms in total. The molecule has 0 heterocycles. The average Bonchev–Trinajstić information content (AvgIpc) is 2.40. The zero-order valence-corrected chi connectivity index (χ0v) is 13.2. The van der Waals surface area contributed by atoms with E-state index in [-0.39, 0.29) is 6.10 Å². The first-order valence-electron chi connectivity index (χ1n) is 8.69. The summed E-state index contributed by atoms with van der Waals surface area (Å²) in [6.07, 6.45) is 18.0. The maximum absolute atomic E-state index is 9.53. The Balaban J connectivity index is 2.99. The van der Waals surface area contributed by atoms with Crippen molar-refractivity contribution in [3.8, 4) is 0 Å². The largest absolute Gasteiger partial charge is 0.393 e. The van der Waals surface area contributed by atoms with E-state index < -0.39 is 0 Å². The summed E-state index contributed by atoms with van der Waals surface area (Å²) in [5.74, 6) is 0. The first-order valence-corrected chi connectivity index (χ1v) is 8.69. The molecule has 0 fully saturated rings.